The second-order valence-electron chi connectivity index (χ2n) is 4.21. The third kappa shape index (κ3) is 5.58. The molecule has 5 nitrogen and oxygen atoms in total. The Labute approximate surface area is 124 Å². The number of carbonyl (C=O) groups excluding carboxylic acids is 1. The van der Waals surface area contributed by atoms with Crippen LogP contribution in [0.15, 0.2) is 17.5 Å². The Morgan fingerprint density at radius 1 is 1.30 bits per heavy atom. The molecule has 0 spiro atoms. The van der Waals surface area contributed by atoms with Crippen LogP contribution < -0.4 is 5.73 Å². The normalized spacial score (nSPS) is 12.3. The van der Waals surface area contributed by atoms with Crippen molar-refractivity contribution in [2.24, 2.45) is 5.73 Å². The number of nitrogens with zero attached hydrogens (tertiary/aromatic N) is 1. The summed E-state index contributed by atoms with van der Waals surface area (Å²) < 4.78 is 10.6. The molecule has 1 rings (SSSR count). The van der Waals surface area contributed by atoms with Gasteiger partial charge in [0.1, 0.15) is 6.04 Å². The van der Waals surface area contributed by atoms with E-state index in [2.05, 4.69) is 0 Å². The second kappa shape index (κ2) is 9.88. The Kier molecular flexibility index (Phi) is 8.45. The average Bonchev–Trinajstić information content (AvgIpc) is 2.98. The molecule has 1 aromatic rings. The SMILES string of the molecule is CCOCCN(CCOCC)C(=O)C(N)c1cccs1. The summed E-state index contributed by atoms with van der Waals surface area (Å²) in [7, 11) is 0. The van der Waals surface area contributed by atoms with E-state index < -0.39 is 6.04 Å². The number of amides is 1. The minimum absolute atomic E-state index is 0.0770. The highest BCUT2D eigenvalue weighted by Gasteiger charge is 2.22. The van der Waals surface area contributed by atoms with E-state index in [0.29, 0.717) is 39.5 Å². The fraction of sp³-hybridized carbons (Fsp3) is 0.643. The van der Waals surface area contributed by atoms with Gasteiger partial charge in [0.05, 0.1) is 13.2 Å². The van der Waals surface area contributed by atoms with E-state index >= 15 is 0 Å². The van der Waals surface area contributed by atoms with Crippen LogP contribution in [-0.4, -0.2) is 50.3 Å². The molecule has 0 radical (unpaired) electrons. The van der Waals surface area contributed by atoms with Crippen LogP contribution in [0.4, 0.5) is 0 Å². The summed E-state index contributed by atoms with van der Waals surface area (Å²) in [5, 5.41) is 1.92. The third-order valence-corrected chi connectivity index (χ3v) is 3.80. The average molecular weight is 300 g/mol. The monoisotopic (exact) mass is 300 g/mol. The zero-order chi connectivity index (χ0) is 14.8. The molecule has 0 aliphatic carbocycles. The first-order valence-corrected chi connectivity index (χ1v) is 7.81. The van der Waals surface area contributed by atoms with Gasteiger partial charge in [-0.05, 0) is 25.3 Å². The molecule has 1 aromatic heterocycles. The van der Waals surface area contributed by atoms with Crippen molar-refractivity contribution in [1.82, 2.24) is 4.90 Å². The minimum Gasteiger partial charge on any atom is -0.380 e. The number of carbonyl (C=O) groups is 1. The Morgan fingerprint density at radius 3 is 2.35 bits per heavy atom. The largest absolute Gasteiger partial charge is 0.380 e. The molecule has 1 heterocycles. The van der Waals surface area contributed by atoms with Crippen molar-refractivity contribution in [3.8, 4) is 0 Å². The molecule has 0 aromatic carbocycles. The molecule has 1 unspecified atom stereocenters. The predicted octanol–water partition coefficient (Wildman–Crippen LogP) is 1.65. The maximum Gasteiger partial charge on any atom is 0.245 e. The maximum atomic E-state index is 12.4. The lowest BCUT2D eigenvalue weighted by Crippen LogP contribution is -2.42. The van der Waals surface area contributed by atoms with Crippen molar-refractivity contribution in [3.63, 3.8) is 0 Å². The van der Waals surface area contributed by atoms with Gasteiger partial charge in [-0.1, -0.05) is 6.07 Å². The smallest absolute Gasteiger partial charge is 0.245 e. The zero-order valence-corrected chi connectivity index (χ0v) is 13.0. The molecule has 0 bridgehead atoms. The van der Waals surface area contributed by atoms with Gasteiger partial charge in [-0.3, -0.25) is 4.79 Å². The van der Waals surface area contributed by atoms with E-state index in [0.717, 1.165) is 4.88 Å². The molecular weight excluding hydrogens is 276 g/mol. The summed E-state index contributed by atoms with van der Waals surface area (Å²) in [6, 6.07) is 3.19. The van der Waals surface area contributed by atoms with Crippen LogP contribution in [0.1, 0.15) is 24.8 Å². The van der Waals surface area contributed by atoms with Crippen LogP contribution in [0.2, 0.25) is 0 Å². The standard InChI is InChI=1S/C14H24N2O3S/c1-3-18-9-7-16(8-10-19-4-2)14(17)13(15)12-6-5-11-20-12/h5-6,11,13H,3-4,7-10,15H2,1-2H3. The third-order valence-electron chi connectivity index (χ3n) is 2.85. The van der Waals surface area contributed by atoms with Crippen molar-refractivity contribution < 1.29 is 14.3 Å². The van der Waals surface area contributed by atoms with Gasteiger partial charge in [0, 0.05) is 31.2 Å². The van der Waals surface area contributed by atoms with Crippen LogP contribution >= 0.6 is 11.3 Å². The van der Waals surface area contributed by atoms with Crippen molar-refractivity contribution in [3.05, 3.63) is 22.4 Å². The number of nitrogens with two attached hydrogens (primary N) is 1. The highest BCUT2D eigenvalue weighted by atomic mass is 32.1. The van der Waals surface area contributed by atoms with Gasteiger partial charge in [-0.15, -0.1) is 11.3 Å². The Hall–Kier alpha value is -0.950. The van der Waals surface area contributed by atoms with Crippen molar-refractivity contribution >= 4 is 17.2 Å². The van der Waals surface area contributed by atoms with Gasteiger partial charge in [-0.25, -0.2) is 0 Å². The molecule has 0 saturated carbocycles. The molecule has 0 aliphatic rings. The topological polar surface area (TPSA) is 64.8 Å². The number of hydrogen-bond acceptors (Lipinski definition) is 5. The molecule has 6 heteroatoms. The molecule has 114 valence electrons. The summed E-state index contributed by atoms with van der Waals surface area (Å²) in [5.41, 5.74) is 6.03. The van der Waals surface area contributed by atoms with Crippen LogP contribution in [-0.2, 0) is 14.3 Å². The van der Waals surface area contributed by atoms with E-state index in [1.807, 2.05) is 31.4 Å². The number of thiophene rings is 1. The molecule has 1 amide bonds. The summed E-state index contributed by atoms with van der Waals surface area (Å²) in [5.74, 6) is -0.0770. The molecular formula is C14H24N2O3S. The van der Waals surface area contributed by atoms with Gasteiger partial charge >= 0.3 is 0 Å². The number of rotatable bonds is 10. The van der Waals surface area contributed by atoms with Crippen LogP contribution in [0, 0.1) is 0 Å². The lowest BCUT2D eigenvalue weighted by atomic mass is 10.2. The quantitative estimate of drug-likeness (QED) is 0.667. The summed E-state index contributed by atoms with van der Waals surface area (Å²) in [6.07, 6.45) is 0. The van der Waals surface area contributed by atoms with Gasteiger partial charge in [-0.2, -0.15) is 0 Å². The minimum atomic E-state index is -0.599. The van der Waals surface area contributed by atoms with Gasteiger partial charge < -0.3 is 20.1 Å². The van der Waals surface area contributed by atoms with Gasteiger partial charge in [0.2, 0.25) is 5.91 Å². The molecule has 1 atom stereocenters. The highest BCUT2D eigenvalue weighted by Crippen LogP contribution is 2.18. The van der Waals surface area contributed by atoms with E-state index in [9.17, 15) is 4.79 Å². The van der Waals surface area contributed by atoms with E-state index in [-0.39, 0.29) is 5.91 Å². The van der Waals surface area contributed by atoms with Crippen LogP contribution in [0.3, 0.4) is 0 Å². The Morgan fingerprint density at radius 2 is 1.90 bits per heavy atom. The fourth-order valence-electron chi connectivity index (χ4n) is 1.76. The fourth-order valence-corrected chi connectivity index (χ4v) is 2.48. The first-order chi connectivity index (χ1) is 9.70. The number of ether oxygens (including phenoxy) is 2. The first-order valence-electron chi connectivity index (χ1n) is 6.93. The van der Waals surface area contributed by atoms with Crippen molar-refractivity contribution in [2.45, 2.75) is 19.9 Å². The highest BCUT2D eigenvalue weighted by molar-refractivity contribution is 7.10. The van der Waals surface area contributed by atoms with E-state index in [1.54, 1.807) is 4.90 Å². The number of hydrogen-bond donors (Lipinski definition) is 1. The first kappa shape index (κ1) is 17.1. The lowest BCUT2D eigenvalue weighted by Gasteiger charge is -2.25. The molecule has 0 aliphatic heterocycles. The predicted molar refractivity (Wildman–Crippen MR) is 80.8 cm³/mol. The summed E-state index contributed by atoms with van der Waals surface area (Å²) >= 11 is 1.50. The van der Waals surface area contributed by atoms with Crippen molar-refractivity contribution in [1.29, 1.82) is 0 Å². The molecule has 2 N–H and O–H groups in total. The summed E-state index contributed by atoms with van der Waals surface area (Å²) in [6.45, 7) is 7.27. The van der Waals surface area contributed by atoms with Crippen LogP contribution in [0.5, 0.6) is 0 Å². The molecule has 0 fully saturated rings. The van der Waals surface area contributed by atoms with E-state index in [4.69, 9.17) is 15.2 Å². The Bertz CT molecular complexity index is 361. The second-order valence-corrected chi connectivity index (χ2v) is 5.19. The van der Waals surface area contributed by atoms with E-state index in [1.165, 1.54) is 11.3 Å². The van der Waals surface area contributed by atoms with Crippen LogP contribution in [0.25, 0.3) is 0 Å². The molecule has 0 saturated heterocycles. The maximum absolute atomic E-state index is 12.4. The van der Waals surface area contributed by atoms with Gasteiger partial charge in [0.25, 0.3) is 0 Å². The molecule has 20 heavy (non-hydrogen) atoms. The zero-order valence-electron chi connectivity index (χ0n) is 12.2. The lowest BCUT2D eigenvalue weighted by molar-refractivity contribution is -0.134. The van der Waals surface area contributed by atoms with Crippen molar-refractivity contribution in [2.75, 3.05) is 39.5 Å². The summed E-state index contributed by atoms with van der Waals surface area (Å²) in [4.78, 5) is 15.0. The van der Waals surface area contributed by atoms with Gasteiger partial charge in [0.15, 0.2) is 0 Å². The Balaban J connectivity index is 2.57.